The van der Waals surface area contributed by atoms with Crippen LogP contribution >= 0.6 is 23.1 Å². The van der Waals surface area contributed by atoms with Crippen molar-refractivity contribution >= 4 is 28.1 Å². The lowest BCUT2D eigenvalue weighted by molar-refractivity contribution is 0.210. The Morgan fingerprint density at radius 3 is 2.77 bits per heavy atom. The first-order valence-electron chi connectivity index (χ1n) is 9.52. The standard InChI is InChI=1S/C21H21N5O3S2/c1-4-9-26-19(14(2)29-17-7-5-16(28-3)6-8-17)23-24-21(26)31-13-15-12-18(27)25-10-11-30-20(25)22-15/h4-8,10-12,14H,1,9,13H2,2-3H3. The summed E-state index contributed by atoms with van der Waals surface area (Å²) in [4.78, 5) is 17.4. The first-order chi connectivity index (χ1) is 15.1. The summed E-state index contributed by atoms with van der Waals surface area (Å²) >= 11 is 2.90. The minimum atomic E-state index is -0.319. The molecule has 0 bridgehead atoms. The minimum Gasteiger partial charge on any atom is -0.497 e. The van der Waals surface area contributed by atoms with E-state index in [2.05, 4.69) is 21.8 Å². The third-order valence-electron chi connectivity index (χ3n) is 4.50. The zero-order valence-corrected chi connectivity index (χ0v) is 18.7. The number of thiazole rings is 1. The summed E-state index contributed by atoms with van der Waals surface area (Å²) in [7, 11) is 1.63. The van der Waals surface area contributed by atoms with Crippen molar-refractivity contribution in [1.29, 1.82) is 0 Å². The largest absolute Gasteiger partial charge is 0.497 e. The number of methoxy groups -OCH3 is 1. The smallest absolute Gasteiger partial charge is 0.258 e. The molecule has 160 valence electrons. The molecule has 0 aliphatic carbocycles. The van der Waals surface area contributed by atoms with Gasteiger partial charge in [-0.2, -0.15) is 0 Å². The van der Waals surface area contributed by atoms with Crippen LogP contribution in [0.5, 0.6) is 11.5 Å². The van der Waals surface area contributed by atoms with Crippen molar-refractivity contribution in [3.63, 3.8) is 0 Å². The zero-order valence-electron chi connectivity index (χ0n) is 17.1. The van der Waals surface area contributed by atoms with Gasteiger partial charge >= 0.3 is 0 Å². The molecular weight excluding hydrogens is 434 g/mol. The highest BCUT2D eigenvalue weighted by Crippen LogP contribution is 2.27. The second-order valence-electron chi connectivity index (χ2n) is 6.61. The molecule has 4 rings (SSSR count). The van der Waals surface area contributed by atoms with Crippen LogP contribution in [0.4, 0.5) is 0 Å². The fraction of sp³-hybridized carbons (Fsp3) is 0.238. The third kappa shape index (κ3) is 4.64. The molecule has 0 saturated heterocycles. The number of fused-ring (bicyclic) bond motifs is 1. The molecule has 3 heterocycles. The molecule has 0 aliphatic rings. The van der Waals surface area contributed by atoms with E-state index in [0.717, 1.165) is 5.75 Å². The van der Waals surface area contributed by atoms with Crippen LogP contribution in [0.25, 0.3) is 4.96 Å². The van der Waals surface area contributed by atoms with Gasteiger partial charge in [0.25, 0.3) is 5.56 Å². The summed E-state index contributed by atoms with van der Waals surface area (Å²) in [5.41, 5.74) is 0.617. The molecule has 1 unspecified atom stereocenters. The molecule has 1 aromatic carbocycles. The molecule has 3 aromatic heterocycles. The fourth-order valence-electron chi connectivity index (χ4n) is 3.02. The van der Waals surface area contributed by atoms with Crippen molar-refractivity contribution in [3.8, 4) is 11.5 Å². The van der Waals surface area contributed by atoms with Gasteiger partial charge in [0.1, 0.15) is 11.5 Å². The first kappa shape index (κ1) is 21.1. The van der Waals surface area contributed by atoms with Gasteiger partial charge < -0.3 is 9.47 Å². The molecule has 31 heavy (non-hydrogen) atoms. The summed E-state index contributed by atoms with van der Waals surface area (Å²) in [5.74, 6) is 2.68. The Labute approximate surface area is 187 Å². The van der Waals surface area contributed by atoms with Crippen LogP contribution in [0, 0.1) is 0 Å². The van der Waals surface area contributed by atoms with Gasteiger partial charge in [0.15, 0.2) is 22.0 Å². The van der Waals surface area contributed by atoms with E-state index in [0.29, 0.717) is 39.7 Å². The van der Waals surface area contributed by atoms with E-state index in [4.69, 9.17) is 9.47 Å². The van der Waals surface area contributed by atoms with E-state index in [9.17, 15) is 4.79 Å². The highest BCUT2D eigenvalue weighted by molar-refractivity contribution is 7.98. The summed E-state index contributed by atoms with van der Waals surface area (Å²) in [6.07, 6.45) is 3.20. The molecule has 0 fully saturated rings. The number of hydrogen-bond donors (Lipinski definition) is 0. The number of hydrogen-bond acceptors (Lipinski definition) is 8. The van der Waals surface area contributed by atoms with E-state index >= 15 is 0 Å². The van der Waals surface area contributed by atoms with Crippen molar-refractivity contribution in [3.05, 3.63) is 76.4 Å². The number of allylic oxidation sites excluding steroid dienone is 1. The minimum absolute atomic E-state index is 0.0865. The van der Waals surface area contributed by atoms with Crippen molar-refractivity contribution in [2.75, 3.05) is 7.11 Å². The molecule has 1 atom stereocenters. The van der Waals surface area contributed by atoms with Crippen molar-refractivity contribution in [2.45, 2.75) is 30.5 Å². The topological polar surface area (TPSA) is 83.5 Å². The maximum atomic E-state index is 12.2. The number of nitrogens with zero attached hydrogens (tertiary/aromatic N) is 5. The number of thioether (sulfide) groups is 1. The fourth-order valence-corrected chi connectivity index (χ4v) is 4.61. The molecule has 8 nitrogen and oxygen atoms in total. The monoisotopic (exact) mass is 455 g/mol. The van der Waals surface area contributed by atoms with Gasteiger partial charge in [0.05, 0.1) is 12.8 Å². The van der Waals surface area contributed by atoms with Gasteiger partial charge in [0, 0.05) is 29.9 Å². The number of aromatic nitrogens is 5. The van der Waals surface area contributed by atoms with E-state index in [-0.39, 0.29) is 11.7 Å². The van der Waals surface area contributed by atoms with Crippen LogP contribution in [0.15, 0.2) is 64.5 Å². The van der Waals surface area contributed by atoms with Gasteiger partial charge in [-0.15, -0.1) is 28.1 Å². The first-order valence-corrected chi connectivity index (χ1v) is 11.4. The van der Waals surface area contributed by atoms with Crippen LogP contribution in [0.2, 0.25) is 0 Å². The molecule has 0 amide bonds. The Kier molecular flexibility index (Phi) is 6.38. The second kappa shape index (κ2) is 9.36. The van der Waals surface area contributed by atoms with E-state index in [1.165, 1.54) is 27.5 Å². The summed E-state index contributed by atoms with van der Waals surface area (Å²) in [6, 6.07) is 8.95. The number of benzene rings is 1. The summed E-state index contributed by atoms with van der Waals surface area (Å²) < 4.78 is 14.7. The zero-order chi connectivity index (χ0) is 21.8. The van der Waals surface area contributed by atoms with Crippen molar-refractivity contribution in [1.82, 2.24) is 24.1 Å². The lowest BCUT2D eigenvalue weighted by Crippen LogP contribution is -2.13. The molecule has 0 saturated carbocycles. The van der Waals surface area contributed by atoms with Crippen LogP contribution < -0.4 is 15.0 Å². The third-order valence-corrected chi connectivity index (χ3v) is 6.26. The molecule has 10 heteroatoms. The Morgan fingerprint density at radius 1 is 1.26 bits per heavy atom. The van der Waals surface area contributed by atoms with Crippen molar-refractivity contribution < 1.29 is 9.47 Å². The molecule has 0 radical (unpaired) electrons. The molecule has 0 N–H and O–H groups in total. The Bertz CT molecular complexity index is 1250. The number of ether oxygens (including phenoxy) is 2. The maximum absolute atomic E-state index is 12.2. The van der Waals surface area contributed by atoms with Crippen LogP contribution in [-0.2, 0) is 12.3 Å². The molecule has 4 aromatic rings. The molecule has 0 spiro atoms. The lowest BCUT2D eigenvalue weighted by Gasteiger charge is -2.16. The van der Waals surface area contributed by atoms with Gasteiger partial charge in [-0.05, 0) is 31.2 Å². The number of rotatable bonds is 9. The predicted octanol–water partition coefficient (Wildman–Crippen LogP) is 3.97. The highest BCUT2D eigenvalue weighted by atomic mass is 32.2. The van der Waals surface area contributed by atoms with Crippen LogP contribution in [-0.4, -0.2) is 31.3 Å². The van der Waals surface area contributed by atoms with Crippen LogP contribution in [0.1, 0.15) is 24.5 Å². The Balaban J connectivity index is 1.51. The van der Waals surface area contributed by atoms with E-state index < -0.39 is 0 Å². The van der Waals surface area contributed by atoms with E-state index in [1.54, 1.807) is 25.4 Å². The van der Waals surface area contributed by atoms with Gasteiger partial charge in [0.2, 0.25) is 0 Å². The molecule has 0 aliphatic heterocycles. The van der Waals surface area contributed by atoms with E-state index in [1.807, 2.05) is 41.1 Å². The summed E-state index contributed by atoms with van der Waals surface area (Å²) in [5, 5.41) is 11.2. The predicted molar refractivity (Wildman–Crippen MR) is 121 cm³/mol. The van der Waals surface area contributed by atoms with Gasteiger partial charge in [-0.3, -0.25) is 13.8 Å². The van der Waals surface area contributed by atoms with Crippen LogP contribution in [0.3, 0.4) is 0 Å². The second-order valence-corrected chi connectivity index (χ2v) is 8.42. The molecular formula is C21H21N5O3S2. The highest BCUT2D eigenvalue weighted by Gasteiger charge is 2.19. The maximum Gasteiger partial charge on any atom is 0.258 e. The Hall–Kier alpha value is -3.11. The lowest BCUT2D eigenvalue weighted by atomic mass is 10.3. The van der Waals surface area contributed by atoms with Gasteiger partial charge in [-0.25, -0.2) is 4.98 Å². The van der Waals surface area contributed by atoms with Crippen molar-refractivity contribution in [2.24, 2.45) is 0 Å². The average Bonchev–Trinajstić information content (AvgIpc) is 3.40. The SMILES string of the molecule is C=CCn1c(SCc2cc(=O)n3ccsc3n2)nnc1C(C)Oc1ccc(OC)cc1. The Morgan fingerprint density at radius 2 is 2.03 bits per heavy atom. The normalized spacial score (nSPS) is 12.1. The average molecular weight is 456 g/mol. The summed E-state index contributed by atoms with van der Waals surface area (Å²) in [6.45, 7) is 6.31. The van der Waals surface area contributed by atoms with Gasteiger partial charge in [-0.1, -0.05) is 17.8 Å². The quantitative estimate of drug-likeness (QED) is 0.279.